The van der Waals surface area contributed by atoms with E-state index in [4.69, 9.17) is 9.47 Å². The highest BCUT2D eigenvalue weighted by molar-refractivity contribution is 8.76. The topological polar surface area (TPSA) is 129 Å². The van der Waals surface area contributed by atoms with Crippen LogP contribution in [0.3, 0.4) is 0 Å². The van der Waals surface area contributed by atoms with Crippen molar-refractivity contribution in [2.45, 2.75) is 109 Å². The molecule has 4 heterocycles. The minimum atomic E-state index is -0.742. The highest BCUT2D eigenvalue weighted by atomic mass is 33.1. The summed E-state index contributed by atoms with van der Waals surface area (Å²) < 4.78 is 12.8. The molecule has 9 nitrogen and oxygen atoms in total. The first-order valence-electron chi connectivity index (χ1n) is 20.3. The quantitative estimate of drug-likeness (QED) is 0.131. The Kier molecular flexibility index (Phi) is 10.8. The fraction of sp³-hybridized carbons (Fsp3) is 0.667. The number of fused-ring (bicyclic) bond motifs is 2. The molecule has 288 valence electrons. The van der Waals surface area contributed by atoms with Gasteiger partial charge in [0.1, 0.15) is 11.5 Å². The Balaban J connectivity index is 1.30. The summed E-state index contributed by atoms with van der Waals surface area (Å²) in [5, 5.41) is 31.0. The number of rotatable bonds is 8. The molecule has 3 fully saturated rings. The third-order valence-corrected chi connectivity index (χ3v) is 16.4. The lowest BCUT2D eigenvalue weighted by atomic mass is 9.43. The Morgan fingerprint density at radius 3 is 2.72 bits per heavy atom. The van der Waals surface area contributed by atoms with Gasteiger partial charge in [0.25, 0.3) is 0 Å². The molecule has 8 atom stereocenters. The molecule has 0 aromatic rings. The largest absolute Gasteiger partial charge is 0.427 e. The number of carbonyl (C=O) groups is 2. The highest BCUT2D eigenvalue weighted by Crippen LogP contribution is 2.71. The standard InChI is InChI=1S/C42H57N3O6S2/c1-4-41(15-5-6-16-41)21-31-30-11-10-29-28-13-17-42(36(29)35(30)39(48)50-31)32-12-9-24(2)38(44-22-25(3)47)53-52-23-45-33-20-26(14-18-43-33)27(8-7-19-46)34(28)37(42)40(49)51-32/h12,14,20-21,24-25,27-29,36,38,43-47H,4-11,13,15-19,22-23H2,1-3H3/b31-21-,32-12-/t24-,25+,27+,28+,29+,36-,38-,42+/m1/s1. The van der Waals surface area contributed by atoms with Gasteiger partial charge in [0.15, 0.2) is 0 Å². The number of aliphatic hydroxyl groups is 2. The van der Waals surface area contributed by atoms with Gasteiger partial charge in [-0.25, -0.2) is 9.59 Å². The van der Waals surface area contributed by atoms with E-state index in [1.807, 2.05) is 0 Å². The van der Waals surface area contributed by atoms with E-state index in [9.17, 15) is 19.8 Å². The number of aliphatic hydroxyl groups excluding tert-OH is 2. The summed E-state index contributed by atoms with van der Waals surface area (Å²) in [4.78, 5) is 28.9. The van der Waals surface area contributed by atoms with Crippen molar-refractivity contribution in [2.75, 3.05) is 25.6 Å². The molecule has 0 radical (unpaired) electrons. The molecule has 1 saturated heterocycles. The average molecular weight is 764 g/mol. The monoisotopic (exact) mass is 763 g/mol. The molecule has 5 N–H and O–H groups in total. The van der Waals surface area contributed by atoms with Gasteiger partial charge in [-0.1, -0.05) is 54.4 Å². The van der Waals surface area contributed by atoms with Gasteiger partial charge in [-0.3, -0.25) is 0 Å². The van der Waals surface area contributed by atoms with Crippen LogP contribution in [0.5, 0.6) is 0 Å². The molecule has 7 bridgehead atoms. The lowest BCUT2D eigenvalue weighted by Gasteiger charge is -2.57. The number of hydrogen-bond donors (Lipinski definition) is 5. The summed E-state index contributed by atoms with van der Waals surface area (Å²) in [5.41, 5.74) is 4.34. The third-order valence-electron chi connectivity index (χ3n) is 13.8. The molecule has 9 rings (SSSR count). The van der Waals surface area contributed by atoms with E-state index in [0.29, 0.717) is 37.6 Å². The van der Waals surface area contributed by atoms with E-state index in [0.717, 1.165) is 79.7 Å². The molecule has 0 aromatic heterocycles. The molecule has 1 spiro atoms. The predicted molar refractivity (Wildman–Crippen MR) is 209 cm³/mol. The zero-order valence-electron chi connectivity index (χ0n) is 31.5. The van der Waals surface area contributed by atoms with Crippen LogP contribution in [0.25, 0.3) is 0 Å². The van der Waals surface area contributed by atoms with Crippen molar-refractivity contribution < 1.29 is 29.3 Å². The minimum Gasteiger partial charge on any atom is -0.427 e. The molecule has 9 aliphatic rings. The maximum Gasteiger partial charge on any atom is 0.340 e. The maximum atomic E-state index is 14.6. The molecule has 11 heteroatoms. The predicted octanol–water partition coefficient (Wildman–Crippen LogP) is 6.89. The fourth-order valence-electron chi connectivity index (χ4n) is 11.3. The van der Waals surface area contributed by atoms with Crippen molar-refractivity contribution in [1.82, 2.24) is 16.0 Å². The van der Waals surface area contributed by atoms with Crippen LogP contribution in [0.4, 0.5) is 0 Å². The van der Waals surface area contributed by atoms with Crippen molar-refractivity contribution in [1.29, 1.82) is 0 Å². The van der Waals surface area contributed by atoms with Gasteiger partial charge >= 0.3 is 11.9 Å². The second-order valence-corrected chi connectivity index (χ2v) is 19.3. The first-order chi connectivity index (χ1) is 25.7. The lowest BCUT2D eigenvalue weighted by molar-refractivity contribution is -0.135. The van der Waals surface area contributed by atoms with E-state index < -0.39 is 11.5 Å². The van der Waals surface area contributed by atoms with Crippen molar-refractivity contribution in [3.8, 4) is 0 Å². The van der Waals surface area contributed by atoms with E-state index in [2.05, 4.69) is 54.1 Å². The highest BCUT2D eigenvalue weighted by Gasteiger charge is 2.69. The SMILES string of the molecule is CCC1(/C=C2\OC(=O)C3=C2CC[C@H]2[C@@H]4CC[C@@]5(C6=C4[C@@H](CCCO)C4=CCNC(=C4)NCSS[C@@H](NC[C@H](C)O)[C@H](C)C/C=C/5OC6=O)[C@@H]32)CCCC1. The van der Waals surface area contributed by atoms with Crippen molar-refractivity contribution in [3.63, 3.8) is 0 Å². The second kappa shape index (κ2) is 15.2. The van der Waals surface area contributed by atoms with Crippen LogP contribution >= 0.6 is 21.6 Å². The van der Waals surface area contributed by atoms with Gasteiger partial charge in [-0.15, -0.1) is 0 Å². The molecule has 0 aromatic carbocycles. The Labute approximate surface area is 322 Å². The van der Waals surface area contributed by atoms with Gasteiger partial charge in [0.2, 0.25) is 0 Å². The van der Waals surface area contributed by atoms with E-state index in [1.54, 1.807) is 28.5 Å². The van der Waals surface area contributed by atoms with Crippen LogP contribution in [-0.4, -0.2) is 59.2 Å². The van der Waals surface area contributed by atoms with E-state index in [1.165, 1.54) is 24.0 Å². The summed E-state index contributed by atoms with van der Waals surface area (Å²) in [6.45, 7) is 7.51. The van der Waals surface area contributed by atoms with Crippen LogP contribution in [0, 0.1) is 40.4 Å². The summed E-state index contributed by atoms with van der Waals surface area (Å²) in [5.74, 6) is 2.92. The number of allylic oxidation sites excluding steroid dienone is 7. The van der Waals surface area contributed by atoms with Crippen LogP contribution < -0.4 is 16.0 Å². The zero-order chi connectivity index (χ0) is 36.9. The number of dihydropyridines is 1. The van der Waals surface area contributed by atoms with Gasteiger partial charge in [-0.05, 0) is 124 Å². The second-order valence-electron chi connectivity index (χ2n) is 16.8. The van der Waals surface area contributed by atoms with Gasteiger partial charge in [0.05, 0.1) is 34.2 Å². The summed E-state index contributed by atoms with van der Waals surface area (Å²) >= 11 is 0. The number of carbonyl (C=O) groups excluding carboxylic acids is 2. The molecular weight excluding hydrogens is 707 g/mol. The first kappa shape index (κ1) is 37.5. The summed E-state index contributed by atoms with van der Waals surface area (Å²) in [6, 6.07) is 0. The number of nitrogens with one attached hydrogen (secondary N) is 3. The van der Waals surface area contributed by atoms with Crippen LogP contribution in [-0.2, 0) is 19.1 Å². The molecule has 5 aliphatic carbocycles. The normalized spacial score (nSPS) is 37.2. The average Bonchev–Trinajstić information content (AvgIpc) is 3.84. The Hall–Kier alpha value is -2.44. The lowest BCUT2D eigenvalue weighted by Crippen LogP contribution is -2.53. The van der Waals surface area contributed by atoms with Crippen LogP contribution in [0.2, 0.25) is 0 Å². The Morgan fingerprint density at radius 1 is 1.11 bits per heavy atom. The molecule has 4 aliphatic heterocycles. The van der Waals surface area contributed by atoms with Crippen LogP contribution in [0.1, 0.15) is 97.8 Å². The number of ether oxygens (including phenoxy) is 2. The smallest absolute Gasteiger partial charge is 0.340 e. The Morgan fingerprint density at radius 2 is 1.94 bits per heavy atom. The van der Waals surface area contributed by atoms with Crippen molar-refractivity contribution >= 4 is 33.5 Å². The number of cyclic esters (lactones) is 1. The molecular formula is C42H57N3O6S2. The minimum absolute atomic E-state index is 0.0374. The molecule has 53 heavy (non-hydrogen) atoms. The van der Waals surface area contributed by atoms with Gasteiger partial charge in [0, 0.05) is 42.7 Å². The molecule has 0 unspecified atom stereocenters. The van der Waals surface area contributed by atoms with E-state index >= 15 is 0 Å². The fourth-order valence-corrected chi connectivity index (χ4v) is 13.8. The van der Waals surface area contributed by atoms with E-state index in [-0.39, 0.29) is 58.9 Å². The number of esters is 2. The molecule has 0 amide bonds. The van der Waals surface area contributed by atoms with Gasteiger partial charge in [-0.2, -0.15) is 0 Å². The van der Waals surface area contributed by atoms with Crippen LogP contribution in [0.15, 0.2) is 69.5 Å². The Bertz CT molecular complexity index is 1690. The summed E-state index contributed by atoms with van der Waals surface area (Å²) in [7, 11) is 3.50. The van der Waals surface area contributed by atoms with Crippen molar-refractivity contribution in [2.24, 2.45) is 40.4 Å². The number of hydrogen-bond acceptors (Lipinski definition) is 11. The zero-order valence-corrected chi connectivity index (χ0v) is 33.1. The first-order valence-corrected chi connectivity index (χ1v) is 22.6. The molecule has 2 saturated carbocycles. The van der Waals surface area contributed by atoms with Gasteiger partial charge < -0.3 is 35.6 Å². The van der Waals surface area contributed by atoms with Crippen molar-refractivity contribution in [3.05, 3.63) is 69.5 Å². The summed E-state index contributed by atoms with van der Waals surface area (Å²) in [6.07, 6.45) is 19.6. The third kappa shape index (κ3) is 6.58. The maximum absolute atomic E-state index is 14.6.